The number of aryl methyl sites for hydroxylation is 1. The van der Waals surface area contributed by atoms with Gasteiger partial charge in [-0.25, -0.2) is 4.98 Å². The SMILES string of the molecule is C#CCOc1ccc(CN2CCC(c3cc(N)n4nc(C)cc4n3)CC2)cc1OCC. The number of rotatable bonds is 7. The molecule has 0 spiro atoms. The Morgan fingerprint density at radius 2 is 1.97 bits per heavy atom. The molecule has 0 amide bonds. The van der Waals surface area contributed by atoms with E-state index < -0.39 is 0 Å². The molecule has 3 heterocycles. The van der Waals surface area contributed by atoms with Gasteiger partial charge in [0, 0.05) is 30.3 Å². The average Bonchev–Trinajstić information content (AvgIpc) is 3.15. The molecule has 31 heavy (non-hydrogen) atoms. The second-order valence-corrected chi connectivity index (χ2v) is 7.92. The Kier molecular flexibility index (Phi) is 6.28. The lowest BCUT2D eigenvalue weighted by Crippen LogP contribution is -2.32. The van der Waals surface area contributed by atoms with Crippen molar-refractivity contribution in [2.24, 2.45) is 0 Å². The largest absolute Gasteiger partial charge is 0.490 e. The summed E-state index contributed by atoms with van der Waals surface area (Å²) in [4.78, 5) is 7.28. The summed E-state index contributed by atoms with van der Waals surface area (Å²) >= 11 is 0. The van der Waals surface area contributed by atoms with Crippen LogP contribution in [0.2, 0.25) is 0 Å². The maximum atomic E-state index is 6.20. The van der Waals surface area contributed by atoms with Crippen molar-refractivity contribution in [2.75, 3.05) is 32.0 Å². The number of terminal acetylenes is 1. The van der Waals surface area contributed by atoms with Gasteiger partial charge in [0.05, 0.1) is 12.3 Å². The van der Waals surface area contributed by atoms with Crippen molar-refractivity contribution >= 4 is 11.5 Å². The topological polar surface area (TPSA) is 77.9 Å². The molecule has 1 aliphatic heterocycles. The van der Waals surface area contributed by atoms with E-state index >= 15 is 0 Å². The maximum Gasteiger partial charge on any atom is 0.162 e. The minimum atomic E-state index is 0.232. The quantitative estimate of drug-likeness (QED) is 0.592. The summed E-state index contributed by atoms with van der Waals surface area (Å²) in [6, 6.07) is 10.0. The van der Waals surface area contributed by atoms with Gasteiger partial charge < -0.3 is 15.2 Å². The van der Waals surface area contributed by atoms with Crippen molar-refractivity contribution in [3.05, 3.63) is 47.3 Å². The van der Waals surface area contributed by atoms with E-state index in [2.05, 4.69) is 28.1 Å². The molecule has 7 heteroatoms. The van der Waals surface area contributed by atoms with E-state index in [4.69, 9.17) is 26.6 Å². The number of fused-ring (bicyclic) bond motifs is 1. The van der Waals surface area contributed by atoms with Crippen LogP contribution in [0, 0.1) is 19.3 Å². The molecule has 7 nitrogen and oxygen atoms in total. The zero-order chi connectivity index (χ0) is 21.8. The van der Waals surface area contributed by atoms with Gasteiger partial charge in [0.1, 0.15) is 12.4 Å². The van der Waals surface area contributed by atoms with E-state index in [0.29, 0.717) is 24.1 Å². The van der Waals surface area contributed by atoms with E-state index in [0.717, 1.165) is 55.3 Å². The van der Waals surface area contributed by atoms with Crippen molar-refractivity contribution in [3.8, 4) is 23.8 Å². The molecule has 1 saturated heterocycles. The van der Waals surface area contributed by atoms with Gasteiger partial charge in [0.2, 0.25) is 0 Å². The van der Waals surface area contributed by atoms with Crippen LogP contribution < -0.4 is 15.2 Å². The summed E-state index contributed by atoms with van der Waals surface area (Å²) in [5.74, 6) is 4.99. The monoisotopic (exact) mass is 419 g/mol. The zero-order valence-corrected chi connectivity index (χ0v) is 18.2. The van der Waals surface area contributed by atoms with Crippen LogP contribution >= 0.6 is 0 Å². The third-order valence-corrected chi connectivity index (χ3v) is 5.63. The predicted molar refractivity (Wildman–Crippen MR) is 121 cm³/mol. The van der Waals surface area contributed by atoms with Crippen molar-refractivity contribution in [2.45, 2.75) is 39.2 Å². The lowest BCUT2D eigenvalue weighted by molar-refractivity contribution is 0.203. The predicted octanol–water partition coefficient (Wildman–Crippen LogP) is 3.41. The summed E-state index contributed by atoms with van der Waals surface area (Å²) in [6.07, 6.45) is 7.41. The highest BCUT2D eigenvalue weighted by Gasteiger charge is 2.23. The van der Waals surface area contributed by atoms with Crippen molar-refractivity contribution < 1.29 is 9.47 Å². The van der Waals surface area contributed by atoms with Crippen molar-refractivity contribution in [3.63, 3.8) is 0 Å². The van der Waals surface area contributed by atoms with Gasteiger partial charge in [-0.3, -0.25) is 4.90 Å². The van der Waals surface area contributed by atoms with Crippen LogP contribution in [0.25, 0.3) is 5.65 Å². The molecule has 2 N–H and O–H groups in total. The van der Waals surface area contributed by atoms with Gasteiger partial charge in [-0.1, -0.05) is 12.0 Å². The molecule has 0 radical (unpaired) electrons. The Bertz CT molecular complexity index is 1090. The summed E-state index contributed by atoms with van der Waals surface area (Å²) in [5, 5.41) is 4.39. The molecule has 1 aromatic carbocycles. The number of hydrogen-bond acceptors (Lipinski definition) is 6. The Balaban J connectivity index is 1.40. The number of piperidine rings is 1. The summed E-state index contributed by atoms with van der Waals surface area (Å²) < 4.78 is 13.0. The number of nitrogens with two attached hydrogens (primary N) is 1. The normalized spacial score (nSPS) is 15.1. The lowest BCUT2D eigenvalue weighted by Gasteiger charge is -2.32. The number of nitrogens with zero attached hydrogens (tertiary/aromatic N) is 4. The van der Waals surface area contributed by atoms with Crippen molar-refractivity contribution in [1.29, 1.82) is 0 Å². The fraction of sp³-hybridized carbons (Fsp3) is 0.417. The molecule has 2 aromatic heterocycles. The van der Waals surface area contributed by atoms with E-state index in [-0.39, 0.29) is 6.61 Å². The first kappa shape index (κ1) is 21.0. The summed E-state index contributed by atoms with van der Waals surface area (Å²) in [7, 11) is 0. The molecular formula is C24H29N5O2. The molecule has 162 valence electrons. The standard InChI is InChI=1S/C24H29N5O2/c1-4-12-31-21-7-6-18(14-22(21)30-5-2)16-28-10-8-19(9-11-28)20-15-23(25)29-24(26-20)13-17(3)27-29/h1,6-7,13-15,19H,5,8-12,16,25H2,2-3H3. The molecule has 0 aliphatic carbocycles. The number of aromatic nitrogens is 3. The van der Waals surface area contributed by atoms with Crippen molar-refractivity contribution in [1.82, 2.24) is 19.5 Å². The minimum Gasteiger partial charge on any atom is -0.490 e. The molecule has 1 aliphatic rings. The molecule has 0 bridgehead atoms. The molecule has 0 unspecified atom stereocenters. The van der Waals surface area contributed by atoms with E-state index in [1.54, 1.807) is 4.52 Å². The number of nitrogen functional groups attached to an aromatic ring is 1. The van der Waals surface area contributed by atoms with Crippen LogP contribution in [0.15, 0.2) is 30.3 Å². The van der Waals surface area contributed by atoms with Crippen LogP contribution in [-0.2, 0) is 6.54 Å². The highest BCUT2D eigenvalue weighted by molar-refractivity contribution is 5.48. The van der Waals surface area contributed by atoms with Gasteiger partial charge in [-0.2, -0.15) is 9.61 Å². The van der Waals surface area contributed by atoms with Crippen LogP contribution in [0.1, 0.15) is 42.6 Å². The van der Waals surface area contributed by atoms with Crippen LogP contribution in [0.5, 0.6) is 11.5 Å². The Morgan fingerprint density at radius 3 is 2.71 bits per heavy atom. The molecule has 0 saturated carbocycles. The highest BCUT2D eigenvalue weighted by atomic mass is 16.5. The third-order valence-electron chi connectivity index (χ3n) is 5.63. The first-order valence-electron chi connectivity index (χ1n) is 10.7. The summed E-state index contributed by atoms with van der Waals surface area (Å²) in [5.41, 5.74) is 10.2. The first-order chi connectivity index (χ1) is 15.1. The Labute approximate surface area is 183 Å². The Morgan fingerprint density at radius 1 is 1.16 bits per heavy atom. The smallest absolute Gasteiger partial charge is 0.162 e. The molecule has 1 fully saturated rings. The molecular weight excluding hydrogens is 390 g/mol. The first-order valence-corrected chi connectivity index (χ1v) is 10.7. The van der Waals surface area contributed by atoms with Crippen LogP contribution in [-0.4, -0.2) is 45.8 Å². The van der Waals surface area contributed by atoms with E-state index in [1.165, 1.54) is 5.56 Å². The van der Waals surface area contributed by atoms with Gasteiger partial charge in [-0.15, -0.1) is 6.42 Å². The van der Waals surface area contributed by atoms with E-state index in [9.17, 15) is 0 Å². The molecule has 0 atom stereocenters. The fourth-order valence-corrected chi connectivity index (χ4v) is 4.14. The fourth-order valence-electron chi connectivity index (χ4n) is 4.14. The second-order valence-electron chi connectivity index (χ2n) is 7.92. The number of ether oxygens (including phenoxy) is 2. The second kappa shape index (κ2) is 9.27. The molecule has 3 aromatic rings. The lowest BCUT2D eigenvalue weighted by atomic mass is 9.93. The number of likely N-dealkylation sites (tertiary alicyclic amines) is 1. The van der Waals surface area contributed by atoms with Crippen LogP contribution in [0.3, 0.4) is 0 Å². The Hall–Kier alpha value is -3.24. The van der Waals surface area contributed by atoms with E-state index in [1.807, 2.05) is 32.0 Å². The van der Waals surface area contributed by atoms with Gasteiger partial charge >= 0.3 is 0 Å². The number of anilines is 1. The van der Waals surface area contributed by atoms with Gasteiger partial charge in [0.25, 0.3) is 0 Å². The summed E-state index contributed by atoms with van der Waals surface area (Å²) in [6.45, 7) is 7.63. The maximum absolute atomic E-state index is 6.20. The molecule has 4 rings (SSSR count). The highest BCUT2D eigenvalue weighted by Crippen LogP contribution is 2.31. The third kappa shape index (κ3) is 4.75. The minimum absolute atomic E-state index is 0.232. The number of hydrogen-bond donors (Lipinski definition) is 1. The van der Waals surface area contributed by atoms with Gasteiger partial charge in [-0.05, 0) is 57.5 Å². The number of benzene rings is 1. The zero-order valence-electron chi connectivity index (χ0n) is 18.2. The van der Waals surface area contributed by atoms with Crippen LogP contribution in [0.4, 0.5) is 5.82 Å². The average molecular weight is 420 g/mol. The van der Waals surface area contributed by atoms with Gasteiger partial charge in [0.15, 0.2) is 17.1 Å².